The topological polar surface area (TPSA) is 129 Å². The molecule has 1 aromatic heterocycles. The molecule has 0 spiro atoms. The third kappa shape index (κ3) is 5.26. The second-order valence-electron chi connectivity index (χ2n) is 6.00. The monoisotopic (exact) mass is 408 g/mol. The number of hydrogen-bond donors (Lipinski definition) is 4. The first-order valence-electron chi connectivity index (χ1n) is 8.64. The molecule has 28 heavy (non-hydrogen) atoms. The van der Waals surface area contributed by atoms with Crippen LogP contribution in [0.3, 0.4) is 0 Å². The van der Waals surface area contributed by atoms with Crippen LogP contribution in [0.15, 0.2) is 41.4 Å². The number of carbonyl (C=O) groups excluding carboxylic acids is 2. The van der Waals surface area contributed by atoms with Gasteiger partial charge in [0.1, 0.15) is 10.6 Å². The molecule has 0 fully saturated rings. The Kier molecular flexibility index (Phi) is 7.05. The van der Waals surface area contributed by atoms with Crippen molar-refractivity contribution in [3.8, 4) is 5.75 Å². The molecule has 0 bridgehead atoms. The second kappa shape index (κ2) is 9.27. The zero-order valence-corrected chi connectivity index (χ0v) is 16.7. The summed E-state index contributed by atoms with van der Waals surface area (Å²) in [7, 11) is -1.53. The van der Waals surface area contributed by atoms with E-state index in [1.54, 1.807) is 12.3 Å². The van der Waals surface area contributed by atoms with Crippen LogP contribution in [0.5, 0.6) is 5.75 Å². The molecule has 4 N–H and O–H groups in total. The van der Waals surface area contributed by atoms with Gasteiger partial charge in [0, 0.05) is 18.9 Å². The van der Waals surface area contributed by atoms with E-state index in [-0.39, 0.29) is 29.0 Å². The predicted molar refractivity (Wildman–Crippen MR) is 103 cm³/mol. The number of rotatable bonds is 8. The molecule has 9 nitrogen and oxygen atoms in total. The van der Waals surface area contributed by atoms with Crippen molar-refractivity contribution in [2.24, 2.45) is 0 Å². The lowest BCUT2D eigenvalue weighted by Crippen LogP contribution is -2.37. The smallest absolute Gasteiger partial charge is 0.328 e. The zero-order chi connectivity index (χ0) is 20.7. The molecule has 0 saturated carbocycles. The van der Waals surface area contributed by atoms with E-state index in [1.165, 1.54) is 26.3 Å². The van der Waals surface area contributed by atoms with Gasteiger partial charge in [0.15, 0.2) is 0 Å². The quantitative estimate of drug-likeness (QED) is 0.525. The normalized spacial score (nSPS) is 12.1. The molecule has 0 saturated heterocycles. The van der Waals surface area contributed by atoms with Gasteiger partial charge in [-0.05, 0) is 36.2 Å². The summed E-state index contributed by atoms with van der Waals surface area (Å²) in [6, 6.07) is 7.07. The number of aromatic nitrogens is 1. The highest BCUT2D eigenvalue weighted by molar-refractivity contribution is 7.90. The number of carbonyl (C=O) groups is 2. The molecule has 2 aromatic rings. The van der Waals surface area contributed by atoms with Crippen LogP contribution in [0.25, 0.3) is 0 Å². The van der Waals surface area contributed by atoms with E-state index in [4.69, 9.17) is 4.74 Å². The molecule has 0 aliphatic heterocycles. The van der Waals surface area contributed by atoms with Crippen molar-refractivity contribution in [3.63, 3.8) is 0 Å². The summed E-state index contributed by atoms with van der Waals surface area (Å²) in [6.07, 6.45) is 2.46. The average molecular weight is 408 g/mol. The van der Waals surface area contributed by atoms with Crippen LogP contribution in [0.1, 0.15) is 30.6 Å². The van der Waals surface area contributed by atoms with Crippen LogP contribution in [-0.2, 0) is 21.2 Å². The first kappa shape index (κ1) is 21.3. The number of nitrogens with one attached hydrogen (secondary N) is 4. The number of hydrogen-bond acceptors (Lipinski definition) is 5. The molecule has 0 radical (unpaired) electrons. The van der Waals surface area contributed by atoms with E-state index >= 15 is 0 Å². The van der Waals surface area contributed by atoms with E-state index in [9.17, 15) is 18.0 Å². The highest BCUT2D eigenvalue weighted by Gasteiger charge is 2.23. The van der Waals surface area contributed by atoms with Crippen molar-refractivity contribution in [3.05, 3.63) is 47.8 Å². The summed E-state index contributed by atoms with van der Waals surface area (Å²) >= 11 is 0. The first-order valence-corrected chi connectivity index (χ1v) is 10.1. The van der Waals surface area contributed by atoms with Gasteiger partial charge in [-0.3, -0.25) is 4.79 Å². The van der Waals surface area contributed by atoms with E-state index in [0.717, 1.165) is 5.69 Å². The van der Waals surface area contributed by atoms with E-state index in [1.807, 2.05) is 23.8 Å². The first-order chi connectivity index (χ1) is 13.3. The molecule has 1 unspecified atom stereocenters. The Bertz CT molecular complexity index is 925. The Hall–Kier alpha value is -3.01. The molecular formula is C18H24N4O5S. The summed E-state index contributed by atoms with van der Waals surface area (Å²) in [5.41, 5.74) is 1.36. The molecule has 1 heterocycles. The van der Waals surface area contributed by atoms with E-state index in [0.29, 0.717) is 12.0 Å². The number of benzene rings is 1. The standard InChI is InChI=1S/C18H24N4O5S/c1-4-13(14-6-5-9-20-14)21-17(23)11-12-7-8-15(27-3)16(10-12)28(25,26)22-18(24)19-2/h5-10,13,20H,4,11H2,1-3H3,(H,21,23)(H2,19,22,24). The number of methoxy groups -OCH3 is 1. The van der Waals surface area contributed by atoms with Gasteiger partial charge in [-0.2, -0.15) is 0 Å². The molecule has 1 atom stereocenters. The van der Waals surface area contributed by atoms with Crippen molar-refractivity contribution < 1.29 is 22.7 Å². The van der Waals surface area contributed by atoms with Gasteiger partial charge in [0.25, 0.3) is 10.0 Å². The lowest BCUT2D eigenvalue weighted by molar-refractivity contribution is -0.121. The third-order valence-electron chi connectivity index (χ3n) is 4.08. The van der Waals surface area contributed by atoms with Gasteiger partial charge in [0.2, 0.25) is 5.91 Å². The van der Waals surface area contributed by atoms with Crippen LogP contribution in [0, 0.1) is 0 Å². The number of ether oxygens (including phenoxy) is 1. The molecule has 10 heteroatoms. The van der Waals surface area contributed by atoms with E-state index in [2.05, 4.69) is 15.6 Å². The fourth-order valence-corrected chi connectivity index (χ4v) is 3.84. The maximum Gasteiger partial charge on any atom is 0.328 e. The molecule has 2 rings (SSSR count). The Labute approximate surface area is 163 Å². The molecule has 0 aliphatic rings. The lowest BCUT2D eigenvalue weighted by atomic mass is 10.1. The second-order valence-corrected chi connectivity index (χ2v) is 7.65. The maximum absolute atomic E-state index is 12.4. The van der Waals surface area contributed by atoms with Gasteiger partial charge in [-0.25, -0.2) is 17.9 Å². The Morgan fingerprint density at radius 1 is 1.25 bits per heavy atom. The lowest BCUT2D eigenvalue weighted by Gasteiger charge is -2.16. The predicted octanol–water partition coefficient (Wildman–Crippen LogP) is 1.45. The summed E-state index contributed by atoms with van der Waals surface area (Å²) in [5, 5.41) is 5.09. The fraction of sp³-hybridized carbons (Fsp3) is 0.333. The third-order valence-corrected chi connectivity index (χ3v) is 5.43. The number of urea groups is 1. The minimum Gasteiger partial charge on any atom is -0.495 e. The van der Waals surface area contributed by atoms with Gasteiger partial charge in [0.05, 0.1) is 19.6 Å². The van der Waals surface area contributed by atoms with Crippen LogP contribution >= 0.6 is 0 Å². The number of H-pyrrole nitrogens is 1. The van der Waals surface area contributed by atoms with Crippen LogP contribution in [0.4, 0.5) is 4.79 Å². The Morgan fingerprint density at radius 2 is 2.00 bits per heavy atom. The molecular weight excluding hydrogens is 384 g/mol. The van der Waals surface area contributed by atoms with Crippen molar-refractivity contribution in [1.82, 2.24) is 20.3 Å². The molecule has 3 amide bonds. The molecule has 0 aliphatic carbocycles. The number of aromatic amines is 1. The highest BCUT2D eigenvalue weighted by atomic mass is 32.2. The van der Waals surface area contributed by atoms with Crippen molar-refractivity contribution in [1.29, 1.82) is 0 Å². The van der Waals surface area contributed by atoms with Crippen LogP contribution < -0.4 is 20.1 Å². The van der Waals surface area contributed by atoms with Crippen LogP contribution in [0.2, 0.25) is 0 Å². The van der Waals surface area contributed by atoms with Gasteiger partial charge < -0.3 is 20.4 Å². The Morgan fingerprint density at radius 3 is 2.57 bits per heavy atom. The summed E-state index contributed by atoms with van der Waals surface area (Å²) in [4.78, 5) is 26.7. The summed E-state index contributed by atoms with van der Waals surface area (Å²) in [6.45, 7) is 1.95. The molecule has 1 aromatic carbocycles. The zero-order valence-electron chi connectivity index (χ0n) is 15.9. The fourth-order valence-electron chi connectivity index (χ4n) is 2.66. The van der Waals surface area contributed by atoms with Crippen molar-refractivity contribution in [2.45, 2.75) is 30.7 Å². The number of amides is 3. The van der Waals surface area contributed by atoms with Crippen LogP contribution in [-0.4, -0.2) is 39.5 Å². The Balaban J connectivity index is 2.20. The van der Waals surface area contributed by atoms with Gasteiger partial charge in [-0.1, -0.05) is 13.0 Å². The van der Waals surface area contributed by atoms with Gasteiger partial charge >= 0.3 is 6.03 Å². The summed E-state index contributed by atoms with van der Waals surface area (Å²) < 4.78 is 31.8. The minimum absolute atomic E-state index is 0.0241. The SMILES string of the molecule is CCC(NC(=O)Cc1ccc(OC)c(S(=O)(=O)NC(=O)NC)c1)c1ccc[nH]1. The molecule has 152 valence electrons. The highest BCUT2D eigenvalue weighted by Crippen LogP contribution is 2.25. The van der Waals surface area contributed by atoms with Gasteiger partial charge in [-0.15, -0.1) is 0 Å². The van der Waals surface area contributed by atoms with Crippen molar-refractivity contribution >= 4 is 22.0 Å². The number of sulfonamides is 1. The summed E-state index contributed by atoms with van der Waals surface area (Å²) in [5.74, 6) is -0.187. The largest absolute Gasteiger partial charge is 0.495 e. The van der Waals surface area contributed by atoms with E-state index < -0.39 is 16.1 Å². The average Bonchev–Trinajstić information content (AvgIpc) is 3.20. The maximum atomic E-state index is 12.4. The van der Waals surface area contributed by atoms with Crippen molar-refractivity contribution in [2.75, 3.05) is 14.2 Å². The minimum atomic E-state index is -4.16.